The predicted octanol–water partition coefficient (Wildman–Crippen LogP) is 10.6. The van der Waals surface area contributed by atoms with E-state index < -0.39 is 0 Å². The second-order valence-electron chi connectivity index (χ2n) is 11.8. The highest BCUT2D eigenvalue weighted by molar-refractivity contribution is 6.16. The van der Waals surface area contributed by atoms with E-state index in [1.807, 2.05) is 30.5 Å². The fourth-order valence-electron chi connectivity index (χ4n) is 6.12. The van der Waals surface area contributed by atoms with Crippen molar-refractivity contribution in [2.45, 2.75) is 32.2 Å². The highest BCUT2D eigenvalue weighted by Gasteiger charge is 2.15. The molecule has 0 aliphatic carbocycles. The van der Waals surface area contributed by atoms with Crippen LogP contribution in [0.25, 0.3) is 55.1 Å². The number of fused-ring (bicyclic) bond motifs is 4. The molecule has 4 aromatic carbocycles. The molecule has 3 aromatic heterocycles. The Bertz CT molecular complexity index is 2230. The van der Waals surface area contributed by atoms with Crippen molar-refractivity contribution in [2.24, 2.45) is 4.99 Å². The Labute approximate surface area is 275 Å². The lowest BCUT2D eigenvalue weighted by Crippen LogP contribution is -2.08. The Morgan fingerprint density at radius 1 is 0.745 bits per heavy atom. The van der Waals surface area contributed by atoms with Gasteiger partial charge in [0.25, 0.3) is 0 Å². The van der Waals surface area contributed by atoms with E-state index in [1.165, 1.54) is 16.7 Å². The van der Waals surface area contributed by atoms with Gasteiger partial charge >= 0.3 is 0 Å². The quantitative estimate of drug-likeness (QED) is 0.0672. The summed E-state index contributed by atoms with van der Waals surface area (Å²) in [6.45, 7) is 5.98. The van der Waals surface area contributed by atoms with Gasteiger partial charge < -0.3 is 0 Å². The van der Waals surface area contributed by atoms with Crippen molar-refractivity contribution in [1.82, 2.24) is 15.0 Å². The van der Waals surface area contributed by atoms with Gasteiger partial charge in [0.05, 0.1) is 33.6 Å². The molecular weight excluding hydrogens is 573 g/mol. The van der Waals surface area contributed by atoms with Gasteiger partial charge in [-0.05, 0) is 67.7 Å². The number of nitrogens with zero attached hydrogens (tertiary/aromatic N) is 4. The van der Waals surface area contributed by atoms with E-state index in [2.05, 4.69) is 134 Å². The second kappa shape index (κ2) is 13.7. The van der Waals surface area contributed by atoms with Crippen LogP contribution in [0.5, 0.6) is 0 Å². The molecule has 0 aliphatic heterocycles. The molecule has 7 rings (SSSR count). The van der Waals surface area contributed by atoms with E-state index in [-0.39, 0.29) is 6.04 Å². The first-order valence-electron chi connectivity index (χ1n) is 16.2. The van der Waals surface area contributed by atoms with E-state index in [9.17, 15) is 0 Å². The number of aromatic nitrogens is 3. The summed E-state index contributed by atoms with van der Waals surface area (Å²) in [6, 6.07) is 42.5. The molecule has 0 fully saturated rings. The molecule has 4 heteroatoms. The predicted molar refractivity (Wildman–Crippen MR) is 198 cm³/mol. The Hall–Kier alpha value is -5.74. The lowest BCUT2D eigenvalue weighted by Gasteiger charge is -2.13. The van der Waals surface area contributed by atoms with Crippen LogP contribution < -0.4 is 0 Å². The van der Waals surface area contributed by atoms with Crippen LogP contribution in [0, 0.1) is 0 Å². The van der Waals surface area contributed by atoms with Crippen LogP contribution in [0.3, 0.4) is 0 Å². The molecule has 0 N–H and O–H groups in total. The number of rotatable bonds is 10. The first-order valence-corrected chi connectivity index (χ1v) is 16.2. The molecule has 47 heavy (non-hydrogen) atoms. The van der Waals surface area contributed by atoms with Crippen molar-refractivity contribution in [3.63, 3.8) is 0 Å². The van der Waals surface area contributed by atoms with Crippen molar-refractivity contribution in [1.29, 1.82) is 0 Å². The van der Waals surface area contributed by atoms with Gasteiger partial charge in [0, 0.05) is 39.5 Å². The topological polar surface area (TPSA) is 51.0 Å². The summed E-state index contributed by atoms with van der Waals surface area (Å²) in [5.41, 5.74) is 10.3. The first-order chi connectivity index (χ1) is 23.2. The van der Waals surface area contributed by atoms with Gasteiger partial charge in [-0.2, -0.15) is 0 Å². The minimum absolute atomic E-state index is 0.153. The normalized spacial score (nSPS) is 12.7. The molecule has 0 radical (unpaired) electrons. The zero-order valence-electron chi connectivity index (χ0n) is 26.6. The molecule has 0 saturated carbocycles. The molecule has 1 unspecified atom stereocenters. The highest BCUT2D eigenvalue weighted by Crippen LogP contribution is 2.37. The molecule has 4 nitrogen and oxygen atoms in total. The summed E-state index contributed by atoms with van der Waals surface area (Å²) in [5, 5.41) is 3.34. The lowest BCUT2D eigenvalue weighted by atomic mass is 9.95. The number of aliphatic imine (C=N–C) groups is 1. The molecule has 1 atom stereocenters. The highest BCUT2D eigenvalue weighted by atomic mass is 14.8. The van der Waals surface area contributed by atoms with Crippen LogP contribution in [0.15, 0.2) is 157 Å². The number of benzene rings is 4. The molecule has 0 spiro atoms. The van der Waals surface area contributed by atoms with Crippen molar-refractivity contribution in [2.75, 3.05) is 0 Å². The summed E-state index contributed by atoms with van der Waals surface area (Å²) in [7, 11) is 0. The average Bonchev–Trinajstić information content (AvgIpc) is 3.13. The fourth-order valence-corrected chi connectivity index (χ4v) is 6.12. The molecule has 3 heterocycles. The summed E-state index contributed by atoms with van der Waals surface area (Å²) in [4.78, 5) is 19.9. The van der Waals surface area contributed by atoms with E-state index in [1.54, 1.807) is 0 Å². The number of hydrogen-bond donors (Lipinski definition) is 0. The zero-order valence-corrected chi connectivity index (χ0v) is 26.6. The van der Waals surface area contributed by atoms with Crippen LogP contribution >= 0.6 is 0 Å². The second-order valence-corrected chi connectivity index (χ2v) is 11.8. The molecular formula is C43H36N4. The standard InChI is InChI=1S/C43H36N4/c1-3-4-6-18-40(39-17-11-12-29-44-39)45-30(2)19-20-31-21-23-32(24-22-31)37-28-26-34-25-27-36-41(33-13-7-5-8-14-33)35-15-9-10-16-38(35)47-43(36)42(34)46-37/h3,5-18,21-30H,1,4,19-20H2,2H3/b18-6-,45-40?. The molecule has 228 valence electrons. The minimum Gasteiger partial charge on any atom is -0.280 e. The molecule has 0 saturated heterocycles. The molecule has 0 bridgehead atoms. The van der Waals surface area contributed by atoms with Crippen LogP contribution in [0.1, 0.15) is 31.0 Å². The van der Waals surface area contributed by atoms with Crippen molar-refractivity contribution >= 4 is 38.4 Å². The average molecular weight is 609 g/mol. The SMILES string of the molecule is C=CC/C=C\C(=NC(C)CCc1ccc(-c2ccc3ccc4c(-c5ccccc5)c5ccccc5nc4c3n2)cc1)c1ccccn1. The maximum Gasteiger partial charge on any atom is 0.0978 e. The summed E-state index contributed by atoms with van der Waals surface area (Å²) >= 11 is 0. The van der Waals surface area contributed by atoms with Crippen LogP contribution in [0.2, 0.25) is 0 Å². The van der Waals surface area contributed by atoms with E-state index in [4.69, 9.17) is 15.0 Å². The smallest absolute Gasteiger partial charge is 0.0978 e. The van der Waals surface area contributed by atoms with Gasteiger partial charge in [0.2, 0.25) is 0 Å². The summed E-state index contributed by atoms with van der Waals surface area (Å²) in [6.07, 6.45) is 10.5. The van der Waals surface area contributed by atoms with E-state index in [0.717, 1.165) is 74.6 Å². The van der Waals surface area contributed by atoms with Crippen LogP contribution in [-0.2, 0) is 6.42 Å². The van der Waals surface area contributed by atoms with Gasteiger partial charge in [0.1, 0.15) is 0 Å². The van der Waals surface area contributed by atoms with E-state index >= 15 is 0 Å². The van der Waals surface area contributed by atoms with Crippen molar-refractivity contribution < 1.29 is 0 Å². The Kier molecular flexibility index (Phi) is 8.74. The minimum atomic E-state index is 0.153. The largest absolute Gasteiger partial charge is 0.280 e. The molecule has 0 aliphatic rings. The Morgan fingerprint density at radius 2 is 1.53 bits per heavy atom. The van der Waals surface area contributed by atoms with Gasteiger partial charge in [0.15, 0.2) is 0 Å². The number of pyridine rings is 3. The van der Waals surface area contributed by atoms with Gasteiger partial charge in [-0.3, -0.25) is 9.98 Å². The zero-order chi connectivity index (χ0) is 32.0. The lowest BCUT2D eigenvalue weighted by molar-refractivity contribution is 0.669. The first kappa shape index (κ1) is 29.9. The third-order valence-corrected chi connectivity index (χ3v) is 8.54. The van der Waals surface area contributed by atoms with Crippen LogP contribution in [0.4, 0.5) is 0 Å². The number of para-hydroxylation sites is 1. The number of hydrogen-bond acceptors (Lipinski definition) is 4. The Balaban J connectivity index is 1.16. The van der Waals surface area contributed by atoms with Crippen LogP contribution in [-0.4, -0.2) is 26.7 Å². The van der Waals surface area contributed by atoms with Gasteiger partial charge in [-0.15, -0.1) is 6.58 Å². The van der Waals surface area contributed by atoms with E-state index in [0.29, 0.717) is 0 Å². The van der Waals surface area contributed by atoms with Gasteiger partial charge in [-0.1, -0.05) is 109 Å². The number of aryl methyl sites for hydroxylation is 1. The molecule has 7 aromatic rings. The number of allylic oxidation sites excluding steroid dienone is 3. The van der Waals surface area contributed by atoms with Gasteiger partial charge in [-0.25, -0.2) is 9.97 Å². The van der Waals surface area contributed by atoms with Crippen molar-refractivity contribution in [3.8, 4) is 22.4 Å². The maximum absolute atomic E-state index is 5.21. The monoisotopic (exact) mass is 608 g/mol. The Morgan fingerprint density at radius 3 is 2.34 bits per heavy atom. The summed E-state index contributed by atoms with van der Waals surface area (Å²) < 4.78 is 0. The molecule has 0 amide bonds. The third kappa shape index (κ3) is 6.49. The third-order valence-electron chi connectivity index (χ3n) is 8.54. The maximum atomic E-state index is 5.21. The fraction of sp³-hybridized carbons (Fsp3) is 0.116. The summed E-state index contributed by atoms with van der Waals surface area (Å²) in [5.74, 6) is 0. The van der Waals surface area contributed by atoms with Crippen molar-refractivity contribution in [3.05, 3.63) is 164 Å².